The maximum Gasteiger partial charge on any atom is 0.264 e. The van der Waals surface area contributed by atoms with Gasteiger partial charge in [0.25, 0.3) is 10.0 Å². The van der Waals surface area contributed by atoms with E-state index >= 15 is 0 Å². The molecule has 4 rings (SSSR count). The SMILES string of the molecule is CC[C@@H](C)NC(=O)[C@H](Cc1ccccc1)N(Cc1cccc(Cl)c1)C(=O)CN(c1ccc(F)c(Cl)c1)S(=O)(=O)c1ccccc1. The number of halogens is 3. The lowest BCUT2D eigenvalue weighted by molar-refractivity contribution is -0.140. The molecule has 1 N–H and O–H groups in total. The van der Waals surface area contributed by atoms with Crippen molar-refractivity contribution < 1.29 is 22.4 Å². The number of rotatable bonds is 13. The molecule has 4 aromatic rings. The lowest BCUT2D eigenvalue weighted by Gasteiger charge is -2.34. The average Bonchev–Trinajstić information content (AvgIpc) is 3.03. The second-order valence-electron chi connectivity index (χ2n) is 10.6. The highest BCUT2D eigenvalue weighted by molar-refractivity contribution is 7.92. The third kappa shape index (κ3) is 8.84. The number of anilines is 1. The number of hydrogen-bond acceptors (Lipinski definition) is 4. The summed E-state index contributed by atoms with van der Waals surface area (Å²) in [5, 5.41) is 3.12. The van der Waals surface area contributed by atoms with Crippen LogP contribution in [0.15, 0.2) is 108 Å². The summed E-state index contributed by atoms with van der Waals surface area (Å²) < 4.78 is 43.0. The molecule has 2 amide bonds. The standard InChI is InChI=1S/C34H34Cl2FN3O4S/c1-3-24(2)38-34(42)32(20-25-11-6-4-7-12-25)39(22-26-13-10-14-27(35)19-26)33(41)23-40(28-17-18-31(37)30(36)21-28)45(43,44)29-15-8-5-9-16-29/h4-19,21,24,32H,3,20,22-23H2,1-2H3,(H,38,42)/t24-,32+/m1/s1. The minimum atomic E-state index is -4.34. The van der Waals surface area contributed by atoms with Gasteiger partial charge in [0.05, 0.1) is 15.6 Å². The Morgan fingerprint density at radius 3 is 2.13 bits per heavy atom. The van der Waals surface area contributed by atoms with Gasteiger partial charge in [0.15, 0.2) is 0 Å². The molecule has 0 unspecified atom stereocenters. The maximum absolute atomic E-state index is 14.4. The molecule has 0 bridgehead atoms. The Kier molecular flexibility index (Phi) is 11.6. The fourth-order valence-electron chi connectivity index (χ4n) is 4.72. The molecule has 2 atom stereocenters. The average molecular weight is 671 g/mol. The van der Waals surface area contributed by atoms with E-state index < -0.39 is 34.3 Å². The van der Waals surface area contributed by atoms with Crippen molar-refractivity contribution in [3.05, 3.63) is 130 Å². The predicted molar refractivity (Wildman–Crippen MR) is 176 cm³/mol. The second-order valence-corrected chi connectivity index (χ2v) is 13.3. The zero-order valence-corrected chi connectivity index (χ0v) is 27.2. The number of amides is 2. The minimum Gasteiger partial charge on any atom is -0.352 e. The van der Waals surface area contributed by atoms with Crippen molar-refractivity contribution in [3.63, 3.8) is 0 Å². The highest BCUT2D eigenvalue weighted by Crippen LogP contribution is 2.28. The first-order chi connectivity index (χ1) is 21.5. The van der Waals surface area contributed by atoms with E-state index in [1.54, 1.807) is 42.5 Å². The summed E-state index contributed by atoms with van der Waals surface area (Å²) in [6, 6.07) is 26.0. The van der Waals surface area contributed by atoms with Gasteiger partial charge >= 0.3 is 0 Å². The van der Waals surface area contributed by atoms with Gasteiger partial charge in [-0.1, -0.05) is 90.8 Å². The number of nitrogens with one attached hydrogen (secondary N) is 1. The number of carbonyl (C=O) groups excluding carboxylic acids is 2. The Balaban J connectivity index is 1.82. The minimum absolute atomic E-state index is 0.00928. The number of carbonyl (C=O) groups is 2. The molecule has 0 radical (unpaired) electrons. The Morgan fingerprint density at radius 2 is 1.51 bits per heavy atom. The van der Waals surface area contributed by atoms with Crippen molar-refractivity contribution >= 4 is 50.7 Å². The van der Waals surface area contributed by atoms with Crippen LogP contribution in [-0.4, -0.2) is 43.8 Å². The predicted octanol–water partition coefficient (Wildman–Crippen LogP) is 6.88. The summed E-state index contributed by atoms with van der Waals surface area (Å²) in [4.78, 5) is 29.6. The largest absolute Gasteiger partial charge is 0.352 e. The van der Waals surface area contributed by atoms with Crippen molar-refractivity contribution in [2.45, 2.75) is 50.2 Å². The van der Waals surface area contributed by atoms with Gasteiger partial charge in [-0.2, -0.15) is 0 Å². The molecular weight excluding hydrogens is 636 g/mol. The van der Waals surface area contributed by atoms with E-state index in [1.165, 1.54) is 23.1 Å². The quantitative estimate of drug-likeness (QED) is 0.168. The van der Waals surface area contributed by atoms with Crippen LogP contribution in [0, 0.1) is 5.82 Å². The van der Waals surface area contributed by atoms with Crippen molar-refractivity contribution in [1.29, 1.82) is 0 Å². The van der Waals surface area contributed by atoms with Crippen molar-refractivity contribution in [2.24, 2.45) is 0 Å². The fourth-order valence-corrected chi connectivity index (χ4v) is 6.53. The highest BCUT2D eigenvalue weighted by atomic mass is 35.5. The molecule has 0 aliphatic heterocycles. The Hall–Kier alpha value is -3.92. The van der Waals surface area contributed by atoms with Crippen LogP contribution in [-0.2, 0) is 32.6 Å². The van der Waals surface area contributed by atoms with Gasteiger partial charge < -0.3 is 10.2 Å². The molecule has 0 spiro atoms. The van der Waals surface area contributed by atoms with E-state index in [2.05, 4.69) is 5.32 Å². The molecule has 45 heavy (non-hydrogen) atoms. The van der Waals surface area contributed by atoms with E-state index in [1.807, 2.05) is 44.2 Å². The number of nitrogens with zero attached hydrogens (tertiary/aromatic N) is 2. The second kappa shape index (κ2) is 15.4. The molecule has 0 aliphatic rings. The van der Waals surface area contributed by atoms with Crippen LogP contribution in [0.5, 0.6) is 0 Å². The summed E-state index contributed by atoms with van der Waals surface area (Å²) >= 11 is 12.3. The lowest BCUT2D eigenvalue weighted by Crippen LogP contribution is -2.54. The van der Waals surface area contributed by atoms with E-state index in [4.69, 9.17) is 23.2 Å². The van der Waals surface area contributed by atoms with Crippen LogP contribution in [0.3, 0.4) is 0 Å². The van der Waals surface area contributed by atoms with E-state index in [-0.39, 0.29) is 40.5 Å². The Bertz CT molecular complexity index is 1730. The van der Waals surface area contributed by atoms with Crippen LogP contribution < -0.4 is 9.62 Å². The number of sulfonamides is 1. The first-order valence-corrected chi connectivity index (χ1v) is 16.6. The van der Waals surface area contributed by atoms with Gasteiger partial charge in [0.2, 0.25) is 11.8 Å². The van der Waals surface area contributed by atoms with Crippen LogP contribution in [0.4, 0.5) is 10.1 Å². The van der Waals surface area contributed by atoms with Crippen molar-refractivity contribution in [3.8, 4) is 0 Å². The molecule has 7 nitrogen and oxygen atoms in total. The van der Waals surface area contributed by atoms with Gasteiger partial charge in [-0.25, -0.2) is 12.8 Å². The topological polar surface area (TPSA) is 86.8 Å². The molecule has 0 fully saturated rings. The Labute approximate surface area is 273 Å². The molecule has 0 saturated heterocycles. The van der Waals surface area contributed by atoms with E-state index in [0.717, 1.165) is 22.0 Å². The highest BCUT2D eigenvalue weighted by Gasteiger charge is 2.35. The van der Waals surface area contributed by atoms with Gasteiger partial charge in [0.1, 0.15) is 18.4 Å². The van der Waals surface area contributed by atoms with Crippen molar-refractivity contribution in [1.82, 2.24) is 10.2 Å². The monoisotopic (exact) mass is 669 g/mol. The van der Waals surface area contributed by atoms with Crippen LogP contribution in [0.25, 0.3) is 0 Å². The summed E-state index contributed by atoms with van der Waals surface area (Å²) in [6.07, 6.45) is 0.837. The Morgan fingerprint density at radius 1 is 0.867 bits per heavy atom. The number of hydrogen-bond donors (Lipinski definition) is 1. The molecule has 0 saturated carbocycles. The van der Waals surface area contributed by atoms with E-state index in [9.17, 15) is 22.4 Å². The van der Waals surface area contributed by atoms with Gasteiger partial charge in [-0.3, -0.25) is 13.9 Å². The summed E-state index contributed by atoms with van der Waals surface area (Å²) in [7, 11) is -4.34. The van der Waals surface area contributed by atoms with Crippen LogP contribution >= 0.6 is 23.2 Å². The summed E-state index contributed by atoms with van der Waals surface area (Å²) in [5.74, 6) is -1.78. The summed E-state index contributed by atoms with van der Waals surface area (Å²) in [5.41, 5.74) is 1.45. The summed E-state index contributed by atoms with van der Waals surface area (Å²) in [6.45, 7) is 3.08. The normalized spacial score (nSPS) is 12.6. The zero-order chi connectivity index (χ0) is 32.6. The molecule has 0 aliphatic carbocycles. The van der Waals surface area contributed by atoms with Crippen LogP contribution in [0.2, 0.25) is 10.0 Å². The first-order valence-electron chi connectivity index (χ1n) is 14.4. The third-order valence-electron chi connectivity index (χ3n) is 7.32. The molecule has 0 heterocycles. The first kappa shape index (κ1) is 34.0. The zero-order valence-electron chi connectivity index (χ0n) is 24.9. The van der Waals surface area contributed by atoms with Gasteiger partial charge in [-0.05, 0) is 66.9 Å². The smallest absolute Gasteiger partial charge is 0.264 e. The van der Waals surface area contributed by atoms with E-state index in [0.29, 0.717) is 17.0 Å². The number of benzene rings is 4. The molecular formula is C34H34Cl2FN3O4S. The van der Waals surface area contributed by atoms with Gasteiger partial charge in [0, 0.05) is 24.0 Å². The van der Waals surface area contributed by atoms with Crippen molar-refractivity contribution in [2.75, 3.05) is 10.8 Å². The van der Waals surface area contributed by atoms with Crippen LogP contribution in [0.1, 0.15) is 31.4 Å². The molecule has 236 valence electrons. The fraction of sp³-hybridized carbons (Fsp3) is 0.235. The lowest BCUT2D eigenvalue weighted by atomic mass is 10.0. The maximum atomic E-state index is 14.4. The molecule has 11 heteroatoms. The molecule has 0 aromatic heterocycles. The third-order valence-corrected chi connectivity index (χ3v) is 9.63. The molecule has 4 aromatic carbocycles. The van der Waals surface area contributed by atoms with Gasteiger partial charge in [-0.15, -0.1) is 0 Å².